The van der Waals surface area contributed by atoms with E-state index >= 15 is 0 Å². The molecule has 16 heavy (non-hydrogen) atoms. The van der Waals surface area contributed by atoms with Crippen LogP contribution in [0.4, 0.5) is 0 Å². The highest BCUT2D eigenvalue weighted by Gasteiger charge is 2.28. The lowest BCUT2D eigenvalue weighted by atomic mass is 10.1. The van der Waals surface area contributed by atoms with E-state index in [-0.39, 0.29) is 0 Å². The van der Waals surface area contributed by atoms with Gasteiger partial charge in [-0.15, -0.1) is 12.3 Å². The maximum absolute atomic E-state index is 5.38. The molecule has 0 aliphatic carbocycles. The van der Waals surface area contributed by atoms with Crippen LogP contribution >= 0.6 is 0 Å². The van der Waals surface area contributed by atoms with Gasteiger partial charge in [-0.2, -0.15) is 0 Å². The van der Waals surface area contributed by atoms with Crippen molar-refractivity contribution >= 4 is 0 Å². The molecular formula is C14H22O2. The predicted octanol–water partition coefficient (Wildman–Crippen LogP) is 3.97. The molecule has 90 valence electrons. The van der Waals surface area contributed by atoms with Crippen LogP contribution in [-0.2, 0) is 9.47 Å². The van der Waals surface area contributed by atoms with E-state index in [1.807, 2.05) is 6.92 Å². The molecule has 2 heteroatoms. The van der Waals surface area contributed by atoms with Gasteiger partial charge < -0.3 is 9.47 Å². The van der Waals surface area contributed by atoms with Gasteiger partial charge >= 0.3 is 0 Å². The van der Waals surface area contributed by atoms with Crippen molar-refractivity contribution in [1.82, 2.24) is 0 Å². The highest BCUT2D eigenvalue weighted by atomic mass is 16.7. The van der Waals surface area contributed by atoms with Crippen LogP contribution in [0.1, 0.15) is 58.3 Å². The lowest BCUT2D eigenvalue weighted by molar-refractivity contribution is -0.131. The fourth-order valence-corrected chi connectivity index (χ4v) is 1.87. The topological polar surface area (TPSA) is 18.5 Å². The van der Waals surface area contributed by atoms with Gasteiger partial charge in [-0.25, -0.2) is 0 Å². The van der Waals surface area contributed by atoms with Crippen LogP contribution in [0.3, 0.4) is 0 Å². The molecule has 0 unspecified atom stereocenters. The number of rotatable bonds is 8. The van der Waals surface area contributed by atoms with E-state index in [1.54, 1.807) is 12.5 Å². The van der Waals surface area contributed by atoms with E-state index in [2.05, 4.69) is 5.92 Å². The van der Waals surface area contributed by atoms with Crippen molar-refractivity contribution in [2.45, 2.75) is 64.1 Å². The zero-order chi connectivity index (χ0) is 11.7. The average Bonchev–Trinajstić information content (AvgIpc) is 2.70. The first-order valence-electron chi connectivity index (χ1n) is 6.21. The maximum Gasteiger partial charge on any atom is 0.247 e. The molecular weight excluding hydrogens is 200 g/mol. The lowest BCUT2D eigenvalue weighted by Gasteiger charge is -2.22. The number of unbranched alkanes of at least 4 members (excludes halogenated alkanes) is 6. The molecule has 0 N–H and O–H groups in total. The average molecular weight is 222 g/mol. The van der Waals surface area contributed by atoms with Crippen molar-refractivity contribution in [2.75, 3.05) is 0 Å². The van der Waals surface area contributed by atoms with Gasteiger partial charge in [-0.3, -0.25) is 0 Å². The van der Waals surface area contributed by atoms with E-state index in [0.717, 1.165) is 19.3 Å². The Bertz CT molecular complexity index is 242. The number of ether oxygens (including phenoxy) is 2. The molecule has 0 fully saturated rings. The first-order chi connectivity index (χ1) is 7.77. The van der Waals surface area contributed by atoms with Gasteiger partial charge in [0.05, 0.1) is 0 Å². The molecule has 1 aliphatic heterocycles. The Balaban J connectivity index is 1.87. The van der Waals surface area contributed by atoms with E-state index in [0.29, 0.717) is 0 Å². The molecule has 0 aromatic rings. The minimum Gasteiger partial charge on any atom is -0.457 e. The van der Waals surface area contributed by atoms with E-state index in [9.17, 15) is 0 Å². The Morgan fingerprint density at radius 3 is 2.19 bits per heavy atom. The maximum atomic E-state index is 5.38. The van der Waals surface area contributed by atoms with E-state index < -0.39 is 5.79 Å². The fourth-order valence-electron chi connectivity index (χ4n) is 1.87. The smallest absolute Gasteiger partial charge is 0.247 e. The molecule has 0 spiro atoms. The standard InChI is InChI=1S/C14H22O2/c1-3-4-5-6-7-8-9-10-11-14(2)15-12-13-16-14/h1,12-13H,4-11H2,2H3. The predicted molar refractivity (Wildman–Crippen MR) is 65.5 cm³/mol. The molecule has 0 saturated carbocycles. The summed E-state index contributed by atoms with van der Waals surface area (Å²) in [5.74, 6) is 2.27. The van der Waals surface area contributed by atoms with Crippen molar-refractivity contribution in [3.05, 3.63) is 12.5 Å². The van der Waals surface area contributed by atoms with Gasteiger partial charge in [0.15, 0.2) is 0 Å². The van der Waals surface area contributed by atoms with Crippen molar-refractivity contribution in [3.8, 4) is 12.3 Å². The lowest BCUT2D eigenvalue weighted by Crippen LogP contribution is -2.24. The SMILES string of the molecule is C#CCCCCCCCCC1(C)OC=CO1. The molecule has 1 heterocycles. The van der Waals surface area contributed by atoms with Crippen molar-refractivity contribution < 1.29 is 9.47 Å². The van der Waals surface area contributed by atoms with Gasteiger partial charge in [0.2, 0.25) is 5.79 Å². The third kappa shape index (κ3) is 5.11. The molecule has 0 aromatic heterocycles. The Kier molecular flexibility index (Phi) is 5.85. The summed E-state index contributed by atoms with van der Waals surface area (Å²) >= 11 is 0. The molecule has 0 radical (unpaired) electrons. The Morgan fingerprint density at radius 2 is 1.56 bits per heavy atom. The van der Waals surface area contributed by atoms with Crippen molar-refractivity contribution in [2.24, 2.45) is 0 Å². The van der Waals surface area contributed by atoms with Crippen LogP contribution in [0, 0.1) is 12.3 Å². The van der Waals surface area contributed by atoms with Gasteiger partial charge in [-0.1, -0.05) is 25.7 Å². The number of hydrogen-bond acceptors (Lipinski definition) is 2. The summed E-state index contributed by atoms with van der Waals surface area (Å²) in [7, 11) is 0. The van der Waals surface area contributed by atoms with Crippen LogP contribution in [0.25, 0.3) is 0 Å². The summed E-state index contributed by atoms with van der Waals surface area (Å²) in [5.41, 5.74) is 0. The quantitative estimate of drug-likeness (QED) is 0.457. The summed E-state index contributed by atoms with van der Waals surface area (Å²) in [5, 5.41) is 0. The van der Waals surface area contributed by atoms with Crippen molar-refractivity contribution in [3.63, 3.8) is 0 Å². The second-order valence-electron chi connectivity index (χ2n) is 4.47. The van der Waals surface area contributed by atoms with E-state index in [1.165, 1.54) is 32.1 Å². The fraction of sp³-hybridized carbons (Fsp3) is 0.714. The van der Waals surface area contributed by atoms with Gasteiger partial charge in [0, 0.05) is 19.8 Å². The molecule has 0 saturated heterocycles. The molecule has 2 nitrogen and oxygen atoms in total. The Morgan fingerprint density at radius 1 is 1.00 bits per heavy atom. The highest BCUT2D eigenvalue weighted by molar-refractivity contribution is 4.82. The van der Waals surface area contributed by atoms with Gasteiger partial charge in [0.25, 0.3) is 0 Å². The van der Waals surface area contributed by atoms with Gasteiger partial charge in [0.1, 0.15) is 12.5 Å². The molecule has 0 atom stereocenters. The van der Waals surface area contributed by atoms with Crippen LogP contribution in [-0.4, -0.2) is 5.79 Å². The Labute approximate surface area is 99.0 Å². The minimum absolute atomic E-state index is 0.399. The number of terminal acetylenes is 1. The zero-order valence-corrected chi connectivity index (χ0v) is 10.2. The molecule has 1 aliphatic rings. The second-order valence-corrected chi connectivity index (χ2v) is 4.47. The zero-order valence-electron chi connectivity index (χ0n) is 10.2. The van der Waals surface area contributed by atoms with E-state index in [4.69, 9.17) is 15.9 Å². The molecule has 0 amide bonds. The van der Waals surface area contributed by atoms with Crippen LogP contribution in [0.5, 0.6) is 0 Å². The first-order valence-corrected chi connectivity index (χ1v) is 6.21. The van der Waals surface area contributed by atoms with Crippen LogP contribution < -0.4 is 0 Å². The summed E-state index contributed by atoms with van der Waals surface area (Å²) in [6, 6.07) is 0. The molecule has 1 rings (SSSR count). The van der Waals surface area contributed by atoms with Crippen molar-refractivity contribution in [1.29, 1.82) is 0 Å². The summed E-state index contributed by atoms with van der Waals surface area (Å²) in [6.45, 7) is 1.99. The molecule has 0 bridgehead atoms. The van der Waals surface area contributed by atoms with Crippen LogP contribution in [0.2, 0.25) is 0 Å². The summed E-state index contributed by atoms with van der Waals surface area (Å²) < 4.78 is 10.8. The largest absolute Gasteiger partial charge is 0.457 e. The third-order valence-electron chi connectivity index (χ3n) is 2.89. The third-order valence-corrected chi connectivity index (χ3v) is 2.89. The minimum atomic E-state index is -0.399. The normalized spacial score (nSPS) is 16.5. The second kappa shape index (κ2) is 7.22. The first kappa shape index (κ1) is 13.0. The highest BCUT2D eigenvalue weighted by Crippen LogP contribution is 2.26. The van der Waals surface area contributed by atoms with Gasteiger partial charge in [-0.05, 0) is 12.8 Å². The number of hydrogen-bond donors (Lipinski definition) is 0. The Hall–Kier alpha value is -1.10. The monoisotopic (exact) mass is 222 g/mol. The summed E-state index contributed by atoms with van der Waals surface area (Å²) in [4.78, 5) is 0. The van der Waals surface area contributed by atoms with Crippen LogP contribution in [0.15, 0.2) is 12.5 Å². The summed E-state index contributed by atoms with van der Waals surface area (Å²) in [6.07, 6.45) is 17.7. The molecule has 0 aromatic carbocycles.